The third kappa shape index (κ3) is 2.61. The number of hydrogen-bond acceptors (Lipinski definition) is 3. The zero-order valence-corrected chi connectivity index (χ0v) is 10.1. The van der Waals surface area contributed by atoms with Crippen LogP contribution in [-0.4, -0.2) is 19.7 Å². The third-order valence-corrected chi connectivity index (χ3v) is 2.52. The first-order valence-electron chi connectivity index (χ1n) is 5.86. The van der Waals surface area contributed by atoms with Gasteiger partial charge in [-0.2, -0.15) is 5.10 Å². The van der Waals surface area contributed by atoms with Gasteiger partial charge in [-0.1, -0.05) is 13.8 Å². The molecule has 0 saturated carbocycles. The first-order valence-corrected chi connectivity index (χ1v) is 5.86. The van der Waals surface area contributed by atoms with Crippen LogP contribution in [0.15, 0.2) is 23.3 Å². The fourth-order valence-electron chi connectivity index (χ4n) is 1.66. The lowest BCUT2D eigenvalue weighted by Crippen LogP contribution is -2.09. The predicted octanol–water partition coefficient (Wildman–Crippen LogP) is 1.61. The molecule has 17 heavy (non-hydrogen) atoms. The van der Waals surface area contributed by atoms with Crippen LogP contribution in [0.2, 0.25) is 0 Å². The van der Waals surface area contributed by atoms with Gasteiger partial charge in [-0.15, -0.1) is 0 Å². The van der Waals surface area contributed by atoms with E-state index in [2.05, 4.69) is 22.0 Å². The van der Waals surface area contributed by atoms with Gasteiger partial charge in [0.05, 0.1) is 11.8 Å². The van der Waals surface area contributed by atoms with Crippen LogP contribution in [-0.2, 0) is 13.0 Å². The van der Waals surface area contributed by atoms with Gasteiger partial charge in [0.15, 0.2) is 0 Å². The second-order valence-electron chi connectivity index (χ2n) is 3.93. The topological polar surface area (TPSA) is 63.6 Å². The standard InChI is InChI=1S/C12H16N4O/c1-3-5-16-8-9(7-13-16)12-14-10(4-2)6-11(17)15-12/h6-8H,3-5H2,1-2H3,(H,14,15,17). The van der Waals surface area contributed by atoms with Crippen molar-refractivity contribution in [2.75, 3.05) is 0 Å². The van der Waals surface area contributed by atoms with Crippen molar-refractivity contribution in [3.05, 3.63) is 34.5 Å². The molecule has 0 spiro atoms. The minimum absolute atomic E-state index is 0.116. The summed E-state index contributed by atoms with van der Waals surface area (Å²) in [5.41, 5.74) is 1.54. The van der Waals surface area contributed by atoms with Gasteiger partial charge in [-0.25, -0.2) is 4.98 Å². The summed E-state index contributed by atoms with van der Waals surface area (Å²) in [6.07, 6.45) is 5.41. The highest BCUT2D eigenvalue weighted by Gasteiger charge is 2.05. The second-order valence-corrected chi connectivity index (χ2v) is 3.93. The molecule has 0 aliphatic rings. The van der Waals surface area contributed by atoms with E-state index in [1.165, 1.54) is 6.07 Å². The van der Waals surface area contributed by atoms with Crippen LogP contribution in [0, 0.1) is 0 Å². The van der Waals surface area contributed by atoms with Gasteiger partial charge in [0.2, 0.25) is 0 Å². The van der Waals surface area contributed by atoms with Crippen molar-refractivity contribution in [3.63, 3.8) is 0 Å². The van der Waals surface area contributed by atoms with Crippen LogP contribution in [0.25, 0.3) is 11.4 Å². The van der Waals surface area contributed by atoms with Crippen molar-refractivity contribution in [2.45, 2.75) is 33.2 Å². The van der Waals surface area contributed by atoms with Gasteiger partial charge < -0.3 is 4.98 Å². The number of rotatable bonds is 4. The Morgan fingerprint density at radius 1 is 1.41 bits per heavy atom. The molecule has 2 aromatic rings. The van der Waals surface area contributed by atoms with E-state index in [0.29, 0.717) is 5.82 Å². The minimum atomic E-state index is -0.116. The van der Waals surface area contributed by atoms with E-state index >= 15 is 0 Å². The molecule has 0 fully saturated rings. The molecule has 0 saturated heterocycles. The Morgan fingerprint density at radius 2 is 2.24 bits per heavy atom. The zero-order valence-electron chi connectivity index (χ0n) is 10.1. The van der Waals surface area contributed by atoms with Crippen molar-refractivity contribution >= 4 is 0 Å². The van der Waals surface area contributed by atoms with E-state index in [9.17, 15) is 4.79 Å². The average molecular weight is 232 g/mol. The lowest BCUT2D eigenvalue weighted by Gasteiger charge is -1.99. The fourth-order valence-corrected chi connectivity index (χ4v) is 1.66. The molecule has 0 bridgehead atoms. The highest BCUT2D eigenvalue weighted by Crippen LogP contribution is 2.12. The number of nitrogens with zero attached hydrogens (tertiary/aromatic N) is 3. The van der Waals surface area contributed by atoms with Crippen molar-refractivity contribution in [1.82, 2.24) is 19.7 Å². The highest BCUT2D eigenvalue weighted by atomic mass is 16.1. The number of aromatic nitrogens is 4. The molecule has 0 amide bonds. The van der Waals surface area contributed by atoms with E-state index < -0.39 is 0 Å². The van der Waals surface area contributed by atoms with Crippen LogP contribution in [0.3, 0.4) is 0 Å². The van der Waals surface area contributed by atoms with E-state index in [4.69, 9.17) is 0 Å². The summed E-state index contributed by atoms with van der Waals surface area (Å²) in [5.74, 6) is 0.594. The molecule has 2 heterocycles. The molecule has 0 aliphatic heterocycles. The van der Waals surface area contributed by atoms with Gasteiger partial charge in [-0.05, 0) is 12.8 Å². The van der Waals surface area contributed by atoms with Crippen molar-refractivity contribution < 1.29 is 0 Å². The largest absolute Gasteiger partial charge is 0.306 e. The summed E-state index contributed by atoms with van der Waals surface area (Å²) in [7, 11) is 0. The average Bonchev–Trinajstić information content (AvgIpc) is 2.77. The molecule has 5 heteroatoms. The molecule has 0 radical (unpaired) electrons. The first kappa shape index (κ1) is 11.6. The van der Waals surface area contributed by atoms with E-state index in [1.54, 1.807) is 6.20 Å². The first-order chi connectivity index (χ1) is 8.22. The van der Waals surface area contributed by atoms with Crippen LogP contribution in [0.1, 0.15) is 26.0 Å². The SMILES string of the molecule is CCCn1cc(-c2nc(CC)cc(=O)[nH]2)cn1. The molecule has 0 atom stereocenters. The molecule has 0 aliphatic carbocycles. The van der Waals surface area contributed by atoms with E-state index in [0.717, 1.165) is 30.6 Å². The molecular weight excluding hydrogens is 216 g/mol. The van der Waals surface area contributed by atoms with Gasteiger partial charge in [0.1, 0.15) is 5.82 Å². The maximum Gasteiger partial charge on any atom is 0.251 e. The smallest absolute Gasteiger partial charge is 0.251 e. The number of hydrogen-bond donors (Lipinski definition) is 1. The number of nitrogens with one attached hydrogen (secondary N) is 1. The maximum absolute atomic E-state index is 11.5. The van der Waals surface area contributed by atoms with Crippen molar-refractivity contribution in [2.24, 2.45) is 0 Å². The molecule has 1 N–H and O–H groups in total. The maximum atomic E-state index is 11.5. The molecule has 0 aromatic carbocycles. The summed E-state index contributed by atoms with van der Waals surface area (Å²) >= 11 is 0. The van der Waals surface area contributed by atoms with Crippen LogP contribution in [0.5, 0.6) is 0 Å². The van der Waals surface area contributed by atoms with Gasteiger partial charge in [0.25, 0.3) is 5.56 Å². The lowest BCUT2D eigenvalue weighted by atomic mass is 10.3. The quantitative estimate of drug-likeness (QED) is 0.871. The van der Waals surface area contributed by atoms with E-state index in [1.807, 2.05) is 17.8 Å². The van der Waals surface area contributed by atoms with Crippen LogP contribution in [0.4, 0.5) is 0 Å². The van der Waals surface area contributed by atoms with Crippen molar-refractivity contribution in [1.29, 1.82) is 0 Å². The van der Waals surface area contributed by atoms with Crippen LogP contribution >= 0.6 is 0 Å². The summed E-state index contributed by atoms with van der Waals surface area (Å²) in [6, 6.07) is 1.53. The highest BCUT2D eigenvalue weighted by molar-refractivity contribution is 5.51. The third-order valence-electron chi connectivity index (χ3n) is 2.52. The molecule has 2 rings (SSSR count). The molecule has 90 valence electrons. The number of aryl methyl sites for hydroxylation is 2. The summed E-state index contributed by atoms with van der Waals surface area (Å²) in [6.45, 7) is 4.95. The Kier molecular flexibility index (Phi) is 3.37. The molecule has 0 unspecified atom stereocenters. The van der Waals surface area contributed by atoms with Gasteiger partial charge in [-0.3, -0.25) is 9.48 Å². The Balaban J connectivity index is 2.37. The summed E-state index contributed by atoms with van der Waals surface area (Å²) in [4.78, 5) is 18.6. The Labute approximate surface area is 99.5 Å². The van der Waals surface area contributed by atoms with Crippen molar-refractivity contribution in [3.8, 4) is 11.4 Å². The summed E-state index contributed by atoms with van der Waals surface area (Å²) < 4.78 is 1.86. The van der Waals surface area contributed by atoms with Crippen LogP contribution < -0.4 is 5.56 Å². The zero-order chi connectivity index (χ0) is 12.3. The Morgan fingerprint density at radius 3 is 2.94 bits per heavy atom. The fraction of sp³-hybridized carbons (Fsp3) is 0.417. The molecule has 2 aromatic heterocycles. The minimum Gasteiger partial charge on any atom is -0.306 e. The monoisotopic (exact) mass is 232 g/mol. The molecule has 5 nitrogen and oxygen atoms in total. The lowest BCUT2D eigenvalue weighted by molar-refractivity contribution is 0.603. The second kappa shape index (κ2) is 4.95. The number of aromatic amines is 1. The van der Waals surface area contributed by atoms with Gasteiger partial charge >= 0.3 is 0 Å². The Bertz CT molecular complexity index is 556. The summed E-state index contributed by atoms with van der Waals surface area (Å²) in [5, 5.41) is 4.22. The Hall–Kier alpha value is -1.91. The van der Waals surface area contributed by atoms with Gasteiger partial charge in [0, 0.05) is 24.5 Å². The molecular formula is C12H16N4O. The number of H-pyrrole nitrogens is 1. The van der Waals surface area contributed by atoms with E-state index in [-0.39, 0.29) is 5.56 Å². The predicted molar refractivity (Wildman–Crippen MR) is 65.7 cm³/mol. The normalized spacial score (nSPS) is 10.7.